The van der Waals surface area contributed by atoms with E-state index in [1.54, 1.807) is 24.3 Å². The summed E-state index contributed by atoms with van der Waals surface area (Å²) in [4.78, 5) is 10.9. The summed E-state index contributed by atoms with van der Waals surface area (Å²) < 4.78 is 4.92. The number of rotatable bonds is 3. The van der Waals surface area contributed by atoms with Gasteiger partial charge in [-0.15, -0.1) is 0 Å². The van der Waals surface area contributed by atoms with Gasteiger partial charge in [0.05, 0.1) is 0 Å². The number of hydrogen-bond donors (Lipinski definition) is 3. The Kier molecular flexibility index (Phi) is 2.42. The molecule has 0 bridgehead atoms. The lowest BCUT2D eigenvalue weighted by atomic mass is 10.2. The highest BCUT2D eigenvalue weighted by Gasteiger charge is 2.05. The number of carbonyl (C=O) groups excluding carboxylic acids is 1. The van der Waals surface area contributed by atoms with Gasteiger partial charge in [-0.3, -0.25) is 4.79 Å². The number of primary amides is 1. The van der Waals surface area contributed by atoms with Crippen LogP contribution in [0.3, 0.4) is 0 Å². The second-order valence-corrected chi connectivity index (χ2v) is 3.02. The van der Waals surface area contributed by atoms with E-state index in [4.69, 9.17) is 15.9 Å². The molecule has 0 aliphatic carbocycles. The van der Waals surface area contributed by atoms with Gasteiger partial charge in [-0.2, -0.15) is 0 Å². The summed E-state index contributed by atoms with van der Waals surface area (Å²) in [5.74, 6) is -0.506. The number of hydrogen-bond acceptors (Lipinski definition) is 6. The van der Waals surface area contributed by atoms with Crippen molar-refractivity contribution in [3.05, 3.63) is 29.8 Å². The fourth-order valence-electron chi connectivity index (χ4n) is 1.16. The number of amides is 1. The molecule has 0 aliphatic rings. The van der Waals surface area contributed by atoms with Crippen LogP contribution in [-0.2, 0) is 0 Å². The third kappa shape index (κ3) is 2.08. The predicted molar refractivity (Wildman–Crippen MR) is 57.0 cm³/mol. The van der Waals surface area contributed by atoms with Gasteiger partial charge in [0.1, 0.15) is 0 Å². The summed E-state index contributed by atoms with van der Waals surface area (Å²) >= 11 is 0. The highest BCUT2D eigenvalue weighted by Crippen LogP contribution is 2.16. The van der Waals surface area contributed by atoms with Gasteiger partial charge in [0.15, 0.2) is 0 Å². The van der Waals surface area contributed by atoms with Crippen molar-refractivity contribution in [2.45, 2.75) is 0 Å². The molecule has 0 fully saturated rings. The molecular formula is C9H9N5O2. The molecule has 0 saturated carbocycles. The average Bonchev–Trinajstić information content (AvgIpc) is 2.64. The highest BCUT2D eigenvalue weighted by molar-refractivity contribution is 5.93. The van der Waals surface area contributed by atoms with Gasteiger partial charge in [0.2, 0.25) is 5.91 Å². The zero-order valence-corrected chi connectivity index (χ0v) is 8.18. The molecule has 2 aromatic rings. The van der Waals surface area contributed by atoms with E-state index in [0.29, 0.717) is 11.3 Å². The Morgan fingerprint density at radius 2 is 2.19 bits per heavy atom. The molecule has 1 aromatic heterocycles. The van der Waals surface area contributed by atoms with Crippen molar-refractivity contribution in [3.8, 4) is 0 Å². The minimum Gasteiger partial charge on any atom is -0.389 e. The lowest BCUT2D eigenvalue weighted by Crippen LogP contribution is -2.10. The van der Waals surface area contributed by atoms with Crippen LogP contribution in [0.15, 0.2) is 28.7 Å². The zero-order chi connectivity index (χ0) is 11.5. The van der Waals surface area contributed by atoms with Crippen LogP contribution in [0, 0.1) is 0 Å². The standard InChI is InChI=1S/C9H9N5O2/c10-7(15)5-2-1-3-6(4-5)12-9-14-13-8(11)16-9/h1-4H,(H2,10,15)(H2,11,13)(H,12,14). The van der Waals surface area contributed by atoms with Gasteiger partial charge in [0, 0.05) is 11.3 Å². The van der Waals surface area contributed by atoms with Gasteiger partial charge < -0.3 is 21.2 Å². The van der Waals surface area contributed by atoms with Gasteiger partial charge >= 0.3 is 12.0 Å². The summed E-state index contributed by atoms with van der Waals surface area (Å²) in [6.45, 7) is 0. The van der Waals surface area contributed by atoms with Crippen LogP contribution in [0.5, 0.6) is 0 Å². The van der Waals surface area contributed by atoms with Crippen molar-refractivity contribution in [2.75, 3.05) is 11.1 Å². The molecule has 0 aliphatic heterocycles. The van der Waals surface area contributed by atoms with E-state index >= 15 is 0 Å². The fourth-order valence-corrected chi connectivity index (χ4v) is 1.16. The molecule has 0 spiro atoms. The van der Waals surface area contributed by atoms with Crippen molar-refractivity contribution in [3.63, 3.8) is 0 Å². The Bertz CT molecular complexity index is 522. The first-order valence-electron chi connectivity index (χ1n) is 4.41. The molecule has 0 radical (unpaired) electrons. The smallest absolute Gasteiger partial charge is 0.321 e. The summed E-state index contributed by atoms with van der Waals surface area (Å²) in [5.41, 5.74) is 11.4. The van der Waals surface area contributed by atoms with Crippen molar-refractivity contribution in [1.29, 1.82) is 0 Å². The lowest BCUT2D eigenvalue weighted by molar-refractivity contribution is 0.100. The van der Waals surface area contributed by atoms with Gasteiger partial charge in [-0.05, 0) is 18.2 Å². The molecular weight excluding hydrogens is 210 g/mol. The van der Waals surface area contributed by atoms with Crippen molar-refractivity contribution >= 4 is 23.6 Å². The molecule has 16 heavy (non-hydrogen) atoms. The first kappa shape index (κ1) is 9.97. The number of carbonyl (C=O) groups is 1. The number of nitrogen functional groups attached to an aromatic ring is 1. The number of aromatic nitrogens is 2. The second-order valence-electron chi connectivity index (χ2n) is 3.02. The molecule has 7 nitrogen and oxygen atoms in total. The van der Waals surface area contributed by atoms with E-state index in [-0.39, 0.29) is 12.0 Å². The molecule has 1 amide bonds. The molecule has 0 saturated heterocycles. The molecule has 7 heteroatoms. The molecule has 2 rings (SSSR count). The van der Waals surface area contributed by atoms with Crippen molar-refractivity contribution in [2.24, 2.45) is 5.73 Å². The maximum atomic E-state index is 10.9. The van der Waals surface area contributed by atoms with Crippen LogP contribution in [0.25, 0.3) is 0 Å². The summed E-state index contributed by atoms with van der Waals surface area (Å²) in [6, 6.07) is 6.71. The predicted octanol–water partition coefficient (Wildman–Crippen LogP) is 0.494. The van der Waals surface area contributed by atoms with E-state index < -0.39 is 5.91 Å². The Morgan fingerprint density at radius 3 is 2.81 bits per heavy atom. The third-order valence-corrected chi connectivity index (χ3v) is 1.84. The topological polar surface area (TPSA) is 120 Å². The Hall–Kier alpha value is -2.57. The molecule has 0 unspecified atom stereocenters. The first-order chi connectivity index (χ1) is 7.65. The Balaban J connectivity index is 2.21. The van der Waals surface area contributed by atoms with Gasteiger partial charge in [-0.1, -0.05) is 16.3 Å². The fraction of sp³-hybridized carbons (Fsp3) is 0. The number of nitrogens with zero attached hydrogens (tertiary/aromatic N) is 2. The van der Waals surface area contributed by atoms with E-state index in [2.05, 4.69) is 15.5 Å². The molecule has 82 valence electrons. The zero-order valence-electron chi connectivity index (χ0n) is 8.18. The van der Waals surface area contributed by atoms with Crippen LogP contribution in [0.2, 0.25) is 0 Å². The maximum Gasteiger partial charge on any atom is 0.321 e. The monoisotopic (exact) mass is 219 g/mol. The quantitative estimate of drug-likeness (QED) is 0.691. The largest absolute Gasteiger partial charge is 0.389 e. The second kappa shape index (κ2) is 3.89. The molecule has 1 aromatic carbocycles. The SMILES string of the molecule is NC(=O)c1cccc(Nc2nnc(N)o2)c1. The molecule has 0 atom stereocenters. The molecule has 5 N–H and O–H groups in total. The van der Waals surface area contributed by atoms with Crippen molar-refractivity contribution in [1.82, 2.24) is 10.2 Å². The Labute approximate surface area is 90.4 Å². The van der Waals surface area contributed by atoms with Crippen LogP contribution in [-0.4, -0.2) is 16.1 Å². The average molecular weight is 219 g/mol. The lowest BCUT2D eigenvalue weighted by Gasteiger charge is -2.02. The Morgan fingerprint density at radius 1 is 1.38 bits per heavy atom. The summed E-state index contributed by atoms with van der Waals surface area (Å²) in [7, 11) is 0. The molecule has 1 heterocycles. The van der Waals surface area contributed by atoms with Gasteiger partial charge in [0.25, 0.3) is 0 Å². The van der Waals surface area contributed by atoms with E-state index in [1.807, 2.05) is 0 Å². The summed E-state index contributed by atoms with van der Waals surface area (Å²) in [5, 5.41) is 9.89. The van der Waals surface area contributed by atoms with Crippen LogP contribution >= 0.6 is 0 Å². The van der Waals surface area contributed by atoms with Gasteiger partial charge in [-0.25, -0.2) is 0 Å². The van der Waals surface area contributed by atoms with E-state index in [1.165, 1.54) is 0 Å². The first-order valence-corrected chi connectivity index (χ1v) is 4.41. The minimum atomic E-state index is -0.506. The normalized spacial score (nSPS) is 10.0. The number of benzene rings is 1. The van der Waals surface area contributed by atoms with Crippen molar-refractivity contribution < 1.29 is 9.21 Å². The minimum absolute atomic E-state index is 0.0337. The van der Waals surface area contributed by atoms with E-state index in [0.717, 1.165) is 0 Å². The van der Waals surface area contributed by atoms with Crippen LogP contribution in [0.1, 0.15) is 10.4 Å². The van der Waals surface area contributed by atoms with Crippen LogP contribution in [0.4, 0.5) is 17.7 Å². The number of anilines is 3. The van der Waals surface area contributed by atoms with E-state index in [9.17, 15) is 4.79 Å². The number of nitrogens with two attached hydrogens (primary N) is 2. The summed E-state index contributed by atoms with van der Waals surface area (Å²) in [6.07, 6.45) is 0. The highest BCUT2D eigenvalue weighted by atomic mass is 16.4. The maximum absolute atomic E-state index is 10.9. The van der Waals surface area contributed by atoms with Crippen LogP contribution < -0.4 is 16.8 Å². The third-order valence-electron chi connectivity index (χ3n) is 1.84. The number of nitrogens with one attached hydrogen (secondary N) is 1.